The monoisotopic (exact) mass is 294 g/mol. The number of hydrogen-bond donors (Lipinski definition) is 2. The molecule has 1 saturated heterocycles. The third-order valence-corrected chi connectivity index (χ3v) is 5.44. The summed E-state index contributed by atoms with van der Waals surface area (Å²) in [7, 11) is 0. The van der Waals surface area contributed by atoms with Crippen molar-refractivity contribution in [1.82, 2.24) is 10.2 Å². The van der Waals surface area contributed by atoms with Crippen molar-refractivity contribution in [2.45, 2.75) is 45.4 Å². The average molecular weight is 294 g/mol. The molecule has 2 N–H and O–H groups in total. The largest absolute Gasteiger partial charge is 0.481 e. The molecule has 3 aliphatic rings. The summed E-state index contributed by atoms with van der Waals surface area (Å²) < 4.78 is 0. The molecule has 5 nitrogen and oxygen atoms in total. The fraction of sp³-hybridized carbons (Fsp3) is 0.875. The molecule has 1 heterocycles. The molecule has 0 aromatic rings. The minimum atomic E-state index is -0.797. The van der Waals surface area contributed by atoms with E-state index in [-0.39, 0.29) is 6.03 Å². The summed E-state index contributed by atoms with van der Waals surface area (Å²) in [6.45, 7) is 3.51. The maximum Gasteiger partial charge on any atom is 0.317 e. The van der Waals surface area contributed by atoms with E-state index in [4.69, 9.17) is 0 Å². The Morgan fingerprint density at radius 1 is 1.29 bits per heavy atom. The van der Waals surface area contributed by atoms with Crippen molar-refractivity contribution in [1.29, 1.82) is 0 Å². The Balaban J connectivity index is 1.51. The third-order valence-electron chi connectivity index (χ3n) is 5.44. The molecule has 0 aromatic carbocycles. The number of likely N-dealkylation sites (tertiary alicyclic amines) is 1. The van der Waals surface area contributed by atoms with E-state index in [1.807, 2.05) is 0 Å². The smallest absolute Gasteiger partial charge is 0.317 e. The highest BCUT2D eigenvalue weighted by Gasteiger charge is 2.42. The molecule has 3 rings (SSSR count). The lowest BCUT2D eigenvalue weighted by atomic mass is 9.82. The topological polar surface area (TPSA) is 69.6 Å². The van der Waals surface area contributed by atoms with Crippen LogP contribution in [0.2, 0.25) is 0 Å². The van der Waals surface area contributed by atoms with Crippen LogP contribution in [0.25, 0.3) is 0 Å². The van der Waals surface area contributed by atoms with E-state index in [1.54, 1.807) is 11.8 Å². The normalized spacial score (nSPS) is 29.5. The second kappa shape index (κ2) is 5.50. The van der Waals surface area contributed by atoms with Gasteiger partial charge in [0.25, 0.3) is 0 Å². The number of carbonyl (C=O) groups excluding carboxylic acids is 1. The van der Waals surface area contributed by atoms with Gasteiger partial charge in [-0.2, -0.15) is 0 Å². The van der Waals surface area contributed by atoms with E-state index in [0.717, 1.165) is 24.8 Å². The van der Waals surface area contributed by atoms with E-state index in [9.17, 15) is 14.7 Å². The molecule has 0 aromatic heterocycles. The number of nitrogens with one attached hydrogen (secondary N) is 1. The minimum absolute atomic E-state index is 0.0755. The van der Waals surface area contributed by atoms with Gasteiger partial charge >= 0.3 is 12.0 Å². The summed E-state index contributed by atoms with van der Waals surface area (Å²) in [6.07, 6.45) is 6.69. The van der Waals surface area contributed by atoms with Crippen molar-refractivity contribution in [3.8, 4) is 0 Å². The Labute approximate surface area is 126 Å². The second-order valence-corrected chi connectivity index (χ2v) is 7.42. The fourth-order valence-corrected chi connectivity index (χ4v) is 3.67. The molecule has 0 radical (unpaired) electrons. The number of amides is 2. The van der Waals surface area contributed by atoms with E-state index in [0.29, 0.717) is 25.4 Å². The van der Waals surface area contributed by atoms with Crippen LogP contribution in [0.1, 0.15) is 45.4 Å². The van der Waals surface area contributed by atoms with Crippen LogP contribution in [-0.2, 0) is 4.79 Å². The van der Waals surface area contributed by atoms with Gasteiger partial charge in [-0.15, -0.1) is 0 Å². The molecule has 0 spiro atoms. The van der Waals surface area contributed by atoms with Gasteiger partial charge in [0, 0.05) is 19.6 Å². The molecule has 1 unspecified atom stereocenters. The first-order valence-electron chi connectivity index (χ1n) is 8.26. The summed E-state index contributed by atoms with van der Waals surface area (Å²) in [5.41, 5.74) is -0.790. The van der Waals surface area contributed by atoms with Gasteiger partial charge in [-0.05, 0) is 63.2 Å². The van der Waals surface area contributed by atoms with Crippen LogP contribution < -0.4 is 5.32 Å². The first kappa shape index (κ1) is 14.7. The number of urea groups is 1. The fourth-order valence-electron chi connectivity index (χ4n) is 3.67. The van der Waals surface area contributed by atoms with Crippen LogP contribution in [0.5, 0.6) is 0 Å². The van der Waals surface area contributed by atoms with Crippen LogP contribution in [0.15, 0.2) is 0 Å². The quantitative estimate of drug-likeness (QED) is 0.817. The van der Waals surface area contributed by atoms with Gasteiger partial charge in [-0.3, -0.25) is 4.79 Å². The molecule has 2 saturated carbocycles. The molecule has 0 bridgehead atoms. The lowest BCUT2D eigenvalue weighted by Gasteiger charge is -2.37. The standard InChI is InChI=1S/C16H26N2O3/c1-16(14(19)20)7-2-8-18(10-16)15(21)17-9-13(11-3-4-11)12-5-6-12/h11-13H,2-10H2,1H3,(H,17,21)(H,19,20). The van der Waals surface area contributed by atoms with Gasteiger partial charge in [0.05, 0.1) is 5.41 Å². The lowest BCUT2D eigenvalue weighted by Crippen LogP contribution is -2.52. The molecule has 1 atom stereocenters. The van der Waals surface area contributed by atoms with E-state index >= 15 is 0 Å². The SMILES string of the molecule is CC1(C(=O)O)CCCN(C(=O)NCC(C2CC2)C2CC2)C1. The number of hydrogen-bond acceptors (Lipinski definition) is 2. The second-order valence-electron chi connectivity index (χ2n) is 7.42. The highest BCUT2D eigenvalue weighted by molar-refractivity contribution is 5.78. The van der Waals surface area contributed by atoms with Crippen molar-refractivity contribution >= 4 is 12.0 Å². The van der Waals surface area contributed by atoms with Gasteiger partial charge in [0.2, 0.25) is 0 Å². The maximum atomic E-state index is 12.3. The first-order valence-corrected chi connectivity index (χ1v) is 8.26. The number of carboxylic acids is 1. The number of carbonyl (C=O) groups is 2. The number of carboxylic acid groups (broad SMARTS) is 1. The molecule has 3 fully saturated rings. The van der Waals surface area contributed by atoms with Crippen molar-refractivity contribution in [3.05, 3.63) is 0 Å². The van der Waals surface area contributed by atoms with Gasteiger partial charge in [-0.25, -0.2) is 4.79 Å². The zero-order valence-electron chi connectivity index (χ0n) is 12.8. The van der Waals surface area contributed by atoms with Crippen LogP contribution in [0, 0.1) is 23.2 Å². The van der Waals surface area contributed by atoms with Gasteiger partial charge < -0.3 is 15.3 Å². The van der Waals surface area contributed by atoms with Crippen molar-refractivity contribution in [2.75, 3.05) is 19.6 Å². The van der Waals surface area contributed by atoms with E-state index in [2.05, 4.69) is 5.32 Å². The Bertz CT molecular complexity index is 419. The van der Waals surface area contributed by atoms with Crippen molar-refractivity contribution < 1.29 is 14.7 Å². The summed E-state index contributed by atoms with van der Waals surface area (Å²) in [5, 5.41) is 12.4. The number of rotatable bonds is 5. The van der Waals surface area contributed by atoms with Gasteiger partial charge in [-0.1, -0.05) is 0 Å². The number of piperidine rings is 1. The third kappa shape index (κ3) is 3.33. The number of nitrogens with zero attached hydrogens (tertiary/aromatic N) is 1. The Hall–Kier alpha value is -1.26. The summed E-state index contributed by atoms with van der Waals surface area (Å²) >= 11 is 0. The summed E-state index contributed by atoms with van der Waals surface area (Å²) in [4.78, 5) is 25.4. The van der Waals surface area contributed by atoms with Crippen LogP contribution >= 0.6 is 0 Å². The zero-order valence-corrected chi connectivity index (χ0v) is 12.8. The Morgan fingerprint density at radius 2 is 1.90 bits per heavy atom. The summed E-state index contributed by atoms with van der Waals surface area (Å²) in [5.74, 6) is 1.50. The first-order chi connectivity index (χ1) is 9.99. The highest BCUT2D eigenvalue weighted by atomic mass is 16.4. The Kier molecular flexibility index (Phi) is 3.84. The minimum Gasteiger partial charge on any atom is -0.481 e. The number of aliphatic carboxylic acids is 1. The molecule has 2 aliphatic carbocycles. The molecule has 2 amide bonds. The van der Waals surface area contributed by atoms with Crippen LogP contribution in [-0.4, -0.2) is 41.6 Å². The molecule has 21 heavy (non-hydrogen) atoms. The highest BCUT2D eigenvalue weighted by Crippen LogP contribution is 2.48. The maximum absolute atomic E-state index is 12.3. The lowest BCUT2D eigenvalue weighted by molar-refractivity contribution is -0.150. The molecule has 1 aliphatic heterocycles. The average Bonchev–Trinajstić information content (AvgIpc) is 3.32. The molecular weight excluding hydrogens is 268 g/mol. The van der Waals surface area contributed by atoms with Crippen molar-refractivity contribution in [2.24, 2.45) is 23.2 Å². The van der Waals surface area contributed by atoms with E-state index < -0.39 is 11.4 Å². The predicted octanol–water partition coefficient (Wildman–Crippen LogP) is 2.32. The van der Waals surface area contributed by atoms with Crippen LogP contribution in [0.3, 0.4) is 0 Å². The molecule has 5 heteroatoms. The van der Waals surface area contributed by atoms with Crippen molar-refractivity contribution in [3.63, 3.8) is 0 Å². The van der Waals surface area contributed by atoms with Gasteiger partial charge in [0.15, 0.2) is 0 Å². The molecular formula is C16H26N2O3. The zero-order chi connectivity index (χ0) is 15.0. The predicted molar refractivity (Wildman–Crippen MR) is 78.9 cm³/mol. The molecule has 118 valence electrons. The van der Waals surface area contributed by atoms with Gasteiger partial charge in [0.1, 0.15) is 0 Å². The van der Waals surface area contributed by atoms with Crippen LogP contribution in [0.4, 0.5) is 4.79 Å². The Morgan fingerprint density at radius 3 is 2.43 bits per heavy atom. The van der Waals surface area contributed by atoms with E-state index in [1.165, 1.54) is 25.7 Å². The summed E-state index contributed by atoms with van der Waals surface area (Å²) in [6, 6.07) is -0.0755.